The van der Waals surface area contributed by atoms with E-state index >= 15 is 0 Å². The third-order valence-corrected chi connectivity index (χ3v) is 6.95. The van der Waals surface area contributed by atoms with Gasteiger partial charge in [-0.1, -0.05) is 84.9 Å². The summed E-state index contributed by atoms with van der Waals surface area (Å²) in [5.41, 5.74) is 2.64. The van der Waals surface area contributed by atoms with E-state index in [2.05, 4.69) is 109 Å². The molecule has 0 N–H and O–H groups in total. The second-order valence-electron chi connectivity index (χ2n) is 8.40. The van der Waals surface area contributed by atoms with Gasteiger partial charge in [-0.2, -0.15) is 0 Å². The number of para-hydroxylation sites is 1. The topological polar surface area (TPSA) is 4.93 Å². The van der Waals surface area contributed by atoms with Crippen LogP contribution in [0.15, 0.2) is 97.1 Å². The molecule has 0 atom stereocenters. The highest BCUT2D eigenvalue weighted by atomic mass is 15.0. The van der Waals surface area contributed by atoms with Crippen LogP contribution >= 0.6 is 0 Å². The van der Waals surface area contributed by atoms with Crippen LogP contribution < -0.4 is 0 Å². The lowest BCUT2D eigenvalue weighted by molar-refractivity contribution is 0.827. The molecule has 0 bridgehead atoms. The first kappa shape index (κ1) is 16.9. The molecule has 0 saturated carbocycles. The normalized spacial score (nSPS) is 12.2. The van der Waals surface area contributed by atoms with Crippen molar-refractivity contribution in [2.24, 2.45) is 0 Å². The van der Waals surface area contributed by atoms with Gasteiger partial charge < -0.3 is 4.57 Å². The van der Waals surface area contributed by atoms with Gasteiger partial charge in [0.1, 0.15) is 0 Å². The van der Waals surface area contributed by atoms with E-state index in [1.165, 1.54) is 64.9 Å². The molecule has 0 aliphatic carbocycles. The molecule has 1 nitrogen and oxygen atoms in total. The van der Waals surface area contributed by atoms with Crippen molar-refractivity contribution in [2.75, 3.05) is 0 Å². The maximum absolute atomic E-state index is 2.44. The highest BCUT2D eigenvalue weighted by Gasteiger charge is 2.16. The average molecular weight is 396 g/mol. The van der Waals surface area contributed by atoms with E-state index in [1.54, 1.807) is 0 Å². The number of rotatable bonds is 1. The fraction of sp³-hybridized carbons (Fsp3) is 0.0667. The standard InChI is InChI=1S/C30H21N/c1-2-31-27-14-8-7-13-26(27)30-25-16-15-23-21-11-4-3-9-19(21)20-10-5-6-12-22(20)29(23)24(25)17-18-28(30)31/h3-18H,2H2,1H3. The molecular formula is C30H21N. The molecule has 0 aliphatic rings. The van der Waals surface area contributed by atoms with E-state index in [4.69, 9.17) is 0 Å². The van der Waals surface area contributed by atoms with Crippen molar-refractivity contribution in [3.8, 4) is 0 Å². The van der Waals surface area contributed by atoms with Crippen LogP contribution in [0.3, 0.4) is 0 Å². The Morgan fingerprint density at radius 1 is 0.419 bits per heavy atom. The van der Waals surface area contributed by atoms with Crippen LogP contribution in [0.4, 0.5) is 0 Å². The lowest BCUT2D eigenvalue weighted by Gasteiger charge is -2.13. The molecule has 0 spiro atoms. The van der Waals surface area contributed by atoms with E-state index in [0.717, 1.165) is 6.54 Å². The smallest absolute Gasteiger partial charge is 0.0497 e. The van der Waals surface area contributed by atoms with E-state index < -0.39 is 0 Å². The van der Waals surface area contributed by atoms with E-state index in [-0.39, 0.29) is 0 Å². The number of benzene rings is 6. The van der Waals surface area contributed by atoms with Gasteiger partial charge in [0.25, 0.3) is 0 Å². The lowest BCUT2D eigenvalue weighted by atomic mass is 9.90. The molecule has 0 radical (unpaired) electrons. The van der Waals surface area contributed by atoms with Gasteiger partial charge in [0, 0.05) is 28.4 Å². The summed E-state index contributed by atoms with van der Waals surface area (Å²) < 4.78 is 2.44. The summed E-state index contributed by atoms with van der Waals surface area (Å²) in [5, 5.41) is 13.4. The van der Waals surface area contributed by atoms with Crippen LogP contribution in [0.1, 0.15) is 6.92 Å². The highest BCUT2D eigenvalue weighted by molar-refractivity contribution is 6.34. The summed E-state index contributed by atoms with van der Waals surface area (Å²) in [5.74, 6) is 0. The van der Waals surface area contributed by atoms with Crippen molar-refractivity contribution < 1.29 is 0 Å². The molecular weight excluding hydrogens is 374 g/mol. The summed E-state index contributed by atoms with van der Waals surface area (Å²) in [4.78, 5) is 0. The molecule has 1 heteroatoms. The minimum absolute atomic E-state index is 0.969. The minimum Gasteiger partial charge on any atom is -0.341 e. The maximum Gasteiger partial charge on any atom is 0.0497 e. The van der Waals surface area contributed by atoms with Gasteiger partial charge in [0.2, 0.25) is 0 Å². The van der Waals surface area contributed by atoms with Gasteiger partial charge in [-0.25, -0.2) is 0 Å². The molecule has 146 valence electrons. The first-order valence-corrected chi connectivity index (χ1v) is 11.0. The third kappa shape index (κ3) is 2.11. The molecule has 1 heterocycles. The fourth-order valence-corrected chi connectivity index (χ4v) is 5.70. The SMILES string of the molecule is CCn1c2ccccc2c2c3ccc4c5ccccc5c5ccccc5c4c3ccc21. The van der Waals surface area contributed by atoms with Crippen LogP contribution in [0, 0.1) is 0 Å². The number of aryl methyl sites for hydroxylation is 1. The Bertz CT molecular complexity index is 1780. The van der Waals surface area contributed by atoms with Crippen molar-refractivity contribution in [3.05, 3.63) is 97.1 Å². The lowest BCUT2D eigenvalue weighted by Crippen LogP contribution is -1.92. The Labute approximate surface area is 180 Å². The molecule has 0 amide bonds. The second kappa shape index (κ2) is 6.09. The number of hydrogen-bond donors (Lipinski definition) is 0. The third-order valence-electron chi connectivity index (χ3n) is 6.95. The van der Waals surface area contributed by atoms with Gasteiger partial charge in [-0.3, -0.25) is 0 Å². The highest BCUT2D eigenvalue weighted by Crippen LogP contribution is 2.42. The van der Waals surface area contributed by atoms with Gasteiger partial charge in [-0.05, 0) is 62.1 Å². The van der Waals surface area contributed by atoms with Crippen LogP contribution in [-0.4, -0.2) is 4.57 Å². The zero-order valence-corrected chi connectivity index (χ0v) is 17.4. The minimum atomic E-state index is 0.969. The number of aromatic nitrogens is 1. The van der Waals surface area contributed by atoms with E-state index in [9.17, 15) is 0 Å². The Kier molecular flexibility index (Phi) is 3.32. The maximum atomic E-state index is 2.44. The monoisotopic (exact) mass is 395 g/mol. The van der Waals surface area contributed by atoms with Crippen LogP contribution in [0.2, 0.25) is 0 Å². The van der Waals surface area contributed by atoms with Crippen molar-refractivity contribution >= 4 is 64.9 Å². The predicted octanol–water partition coefficient (Wildman–Crippen LogP) is 8.43. The molecule has 1 aromatic heterocycles. The number of hydrogen-bond acceptors (Lipinski definition) is 0. The Morgan fingerprint density at radius 2 is 0.871 bits per heavy atom. The van der Waals surface area contributed by atoms with Gasteiger partial charge in [-0.15, -0.1) is 0 Å². The predicted molar refractivity (Wildman–Crippen MR) is 135 cm³/mol. The fourth-order valence-electron chi connectivity index (χ4n) is 5.70. The van der Waals surface area contributed by atoms with Crippen molar-refractivity contribution in [1.29, 1.82) is 0 Å². The summed E-state index contributed by atoms with van der Waals surface area (Å²) in [6, 6.07) is 35.8. The molecule has 7 aromatic rings. The zero-order chi connectivity index (χ0) is 20.5. The van der Waals surface area contributed by atoms with Crippen LogP contribution in [0.5, 0.6) is 0 Å². The molecule has 0 aliphatic heterocycles. The summed E-state index contributed by atoms with van der Waals surface area (Å²) in [6.45, 7) is 3.20. The average Bonchev–Trinajstić information content (AvgIpc) is 3.17. The molecule has 31 heavy (non-hydrogen) atoms. The van der Waals surface area contributed by atoms with Crippen molar-refractivity contribution in [1.82, 2.24) is 4.57 Å². The molecule has 6 aromatic carbocycles. The Hall–Kier alpha value is -3.84. The Balaban J connectivity index is 1.80. The molecule has 7 rings (SSSR count). The van der Waals surface area contributed by atoms with Gasteiger partial charge in [0.05, 0.1) is 0 Å². The first-order chi connectivity index (χ1) is 15.4. The summed E-state index contributed by atoms with van der Waals surface area (Å²) >= 11 is 0. The number of nitrogens with zero attached hydrogens (tertiary/aromatic N) is 1. The largest absolute Gasteiger partial charge is 0.341 e. The molecule has 0 saturated heterocycles. The molecule has 0 fully saturated rings. The van der Waals surface area contributed by atoms with Crippen molar-refractivity contribution in [3.63, 3.8) is 0 Å². The molecule has 0 unspecified atom stereocenters. The van der Waals surface area contributed by atoms with Crippen molar-refractivity contribution in [2.45, 2.75) is 13.5 Å². The summed E-state index contributed by atoms with van der Waals surface area (Å²) in [6.07, 6.45) is 0. The second-order valence-corrected chi connectivity index (χ2v) is 8.40. The van der Waals surface area contributed by atoms with Crippen LogP contribution in [-0.2, 0) is 6.54 Å². The van der Waals surface area contributed by atoms with E-state index in [1.807, 2.05) is 0 Å². The zero-order valence-electron chi connectivity index (χ0n) is 17.4. The van der Waals surface area contributed by atoms with Crippen LogP contribution in [0.25, 0.3) is 64.9 Å². The number of fused-ring (bicyclic) bond motifs is 12. The first-order valence-electron chi connectivity index (χ1n) is 11.0. The van der Waals surface area contributed by atoms with Gasteiger partial charge in [0.15, 0.2) is 0 Å². The summed E-state index contributed by atoms with van der Waals surface area (Å²) in [7, 11) is 0. The van der Waals surface area contributed by atoms with E-state index in [0.29, 0.717) is 0 Å². The Morgan fingerprint density at radius 3 is 1.55 bits per heavy atom. The quantitative estimate of drug-likeness (QED) is 0.246. The van der Waals surface area contributed by atoms with Gasteiger partial charge >= 0.3 is 0 Å².